The molecule has 0 saturated carbocycles. The molecule has 2 aromatic heterocycles. The molecule has 0 aliphatic carbocycles. The second-order valence-corrected chi connectivity index (χ2v) is 16.1. The van der Waals surface area contributed by atoms with Gasteiger partial charge in [-0.1, -0.05) is 77.4 Å². The molecule has 3 heterocycles. The molecule has 4 amide bonds. The first-order valence-electron chi connectivity index (χ1n) is 18.9. The Balaban J connectivity index is 1.30. The summed E-state index contributed by atoms with van der Waals surface area (Å²) in [6, 6.07) is 10.7. The number of H-pyrrole nitrogens is 1. The van der Waals surface area contributed by atoms with E-state index in [-0.39, 0.29) is 51.5 Å². The van der Waals surface area contributed by atoms with Crippen LogP contribution in [0.4, 0.5) is 29.5 Å². The van der Waals surface area contributed by atoms with E-state index in [1.807, 2.05) is 41.5 Å². The van der Waals surface area contributed by atoms with Crippen LogP contribution in [-0.2, 0) is 14.3 Å². The zero-order chi connectivity index (χ0) is 43.2. The highest BCUT2D eigenvalue weighted by Gasteiger charge is 2.40. The molecule has 1 fully saturated rings. The summed E-state index contributed by atoms with van der Waals surface area (Å²) < 4.78 is 50.2. The van der Waals surface area contributed by atoms with E-state index < -0.39 is 35.6 Å². The number of benzene rings is 2. The number of amides is 4. The summed E-state index contributed by atoms with van der Waals surface area (Å²) in [5, 5.41) is 11.0. The number of aromatic nitrogens is 3. The number of pyridine rings is 1. The monoisotopic (exact) mass is 840 g/mol. The summed E-state index contributed by atoms with van der Waals surface area (Å²) in [5.41, 5.74) is 1.06. The number of ether oxygens (including phenoxy) is 2. The summed E-state index contributed by atoms with van der Waals surface area (Å²) in [6.45, 7) is 12.4. The Labute approximate surface area is 345 Å². The molecule has 1 unspecified atom stereocenters. The second-order valence-electron chi connectivity index (χ2n) is 15.7. The topological polar surface area (TPSA) is 180 Å². The van der Waals surface area contributed by atoms with E-state index in [9.17, 15) is 32.3 Å². The van der Waals surface area contributed by atoms with Crippen molar-refractivity contribution in [2.24, 2.45) is 17.3 Å². The van der Waals surface area contributed by atoms with Gasteiger partial charge < -0.3 is 40.6 Å². The van der Waals surface area contributed by atoms with Gasteiger partial charge in [0.2, 0.25) is 11.8 Å². The SMILES string of the molecule is COC(=O)NC(C(=O)N1C[C@@H](C)C[C@H]1c1ncc(-c2ccc(-c3cc(Cl)c(C(=O)Nc4ccc(NCCNC(=O)C(C)(C)C)nc4)cc3OC(F)(F)F)cc2)[nH]1)C(C)C. The zero-order valence-electron chi connectivity index (χ0n) is 33.7. The van der Waals surface area contributed by atoms with Gasteiger partial charge in [0.25, 0.3) is 5.91 Å². The first-order valence-corrected chi connectivity index (χ1v) is 19.3. The standard InChI is InChI=1S/C41H48ClF3N8O6/c1-22(2)34(52-39(57)58-7)37(55)53-21-23(3)16-31(53)35-49-20-30(51-35)25-10-8-24(9-11-25)27-17-29(42)28(18-32(27)59-41(43,44)45)36(54)50-26-12-13-33(48-19-26)46-14-15-47-38(56)40(4,5)6/h8-13,17-20,22-23,31,34H,14-16,21H2,1-7H3,(H,46,48)(H,47,56)(H,49,51)(H,50,54)(H,52,57)/t23-,31-,34?/m0/s1. The number of imidazole rings is 1. The number of rotatable bonds is 13. The van der Waals surface area contributed by atoms with Crippen LogP contribution in [0, 0.1) is 17.3 Å². The van der Waals surface area contributed by atoms with Crippen LogP contribution < -0.4 is 26.0 Å². The third kappa shape index (κ3) is 11.4. The van der Waals surface area contributed by atoms with E-state index in [0.29, 0.717) is 54.5 Å². The average molecular weight is 841 g/mol. The van der Waals surface area contributed by atoms with Crippen LogP contribution in [0.25, 0.3) is 22.4 Å². The number of methoxy groups -OCH3 is 1. The van der Waals surface area contributed by atoms with Crippen LogP contribution in [-0.4, -0.2) is 82.8 Å². The molecule has 0 spiro atoms. The highest BCUT2D eigenvalue weighted by molar-refractivity contribution is 6.35. The maximum atomic E-state index is 13.7. The molecule has 18 heteroatoms. The van der Waals surface area contributed by atoms with Crippen molar-refractivity contribution in [3.05, 3.63) is 77.3 Å². The molecule has 5 N–H and O–H groups in total. The number of likely N-dealkylation sites (tertiary alicyclic amines) is 1. The molecule has 5 rings (SSSR count). The molecular weight excluding hydrogens is 793 g/mol. The van der Waals surface area contributed by atoms with Crippen molar-refractivity contribution in [3.63, 3.8) is 0 Å². The molecule has 59 heavy (non-hydrogen) atoms. The lowest BCUT2D eigenvalue weighted by Crippen LogP contribution is -2.51. The van der Waals surface area contributed by atoms with Crippen molar-refractivity contribution >= 4 is 46.9 Å². The molecule has 14 nitrogen and oxygen atoms in total. The Morgan fingerprint density at radius 1 is 0.983 bits per heavy atom. The fourth-order valence-electron chi connectivity index (χ4n) is 6.47. The summed E-state index contributed by atoms with van der Waals surface area (Å²) in [7, 11) is 1.23. The van der Waals surface area contributed by atoms with Gasteiger partial charge in [0.05, 0.1) is 47.5 Å². The fraction of sp³-hybridized carbons (Fsp3) is 0.415. The van der Waals surface area contributed by atoms with Gasteiger partial charge in [0, 0.05) is 30.6 Å². The third-order valence-corrected chi connectivity index (χ3v) is 9.87. The van der Waals surface area contributed by atoms with Gasteiger partial charge in [-0.15, -0.1) is 13.2 Å². The highest BCUT2D eigenvalue weighted by atomic mass is 35.5. The number of nitrogens with zero attached hydrogens (tertiary/aromatic N) is 3. The predicted octanol–water partition coefficient (Wildman–Crippen LogP) is 7.81. The van der Waals surface area contributed by atoms with Gasteiger partial charge in [0.1, 0.15) is 23.4 Å². The minimum atomic E-state index is -5.08. The Bertz CT molecular complexity index is 2140. The van der Waals surface area contributed by atoms with Crippen molar-refractivity contribution in [1.29, 1.82) is 0 Å². The van der Waals surface area contributed by atoms with E-state index in [4.69, 9.17) is 16.3 Å². The Hall–Kier alpha value is -5.84. The lowest BCUT2D eigenvalue weighted by atomic mass is 9.96. The molecular formula is C41H48ClF3N8O6. The Kier molecular flexibility index (Phi) is 13.8. The van der Waals surface area contributed by atoms with Crippen LogP contribution in [0.1, 0.15) is 70.2 Å². The number of hydrogen-bond donors (Lipinski definition) is 5. The quantitative estimate of drug-likeness (QED) is 0.0840. The normalized spacial score (nSPS) is 16.0. The van der Waals surface area contributed by atoms with Crippen LogP contribution in [0.5, 0.6) is 5.75 Å². The Morgan fingerprint density at radius 2 is 1.68 bits per heavy atom. The summed E-state index contributed by atoms with van der Waals surface area (Å²) >= 11 is 6.51. The molecule has 1 saturated heterocycles. The van der Waals surface area contributed by atoms with Gasteiger partial charge in [-0.3, -0.25) is 14.4 Å². The number of carbonyl (C=O) groups is 4. The van der Waals surface area contributed by atoms with Crippen molar-refractivity contribution in [2.45, 2.75) is 66.4 Å². The fourth-order valence-corrected chi connectivity index (χ4v) is 6.72. The number of alkyl carbamates (subject to hydrolysis) is 1. The second kappa shape index (κ2) is 18.4. The van der Waals surface area contributed by atoms with Gasteiger partial charge in [-0.25, -0.2) is 14.8 Å². The summed E-state index contributed by atoms with van der Waals surface area (Å²) in [6.07, 6.45) is -2.17. The van der Waals surface area contributed by atoms with Crippen molar-refractivity contribution in [1.82, 2.24) is 30.5 Å². The number of halogens is 4. The van der Waals surface area contributed by atoms with Crippen molar-refractivity contribution in [3.8, 4) is 28.1 Å². The van der Waals surface area contributed by atoms with Crippen LogP contribution in [0.2, 0.25) is 5.02 Å². The zero-order valence-corrected chi connectivity index (χ0v) is 34.5. The highest BCUT2D eigenvalue weighted by Crippen LogP contribution is 2.40. The minimum Gasteiger partial charge on any atom is -0.453 e. The average Bonchev–Trinajstić information content (AvgIpc) is 3.82. The van der Waals surface area contributed by atoms with Crippen molar-refractivity contribution < 1.29 is 41.8 Å². The van der Waals surface area contributed by atoms with Crippen LogP contribution in [0.3, 0.4) is 0 Å². The maximum Gasteiger partial charge on any atom is 0.573 e. The smallest absolute Gasteiger partial charge is 0.453 e. The lowest BCUT2D eigenvalue weighted by Gasteiger charge is -2.30. The number of carbonyl (C=O) groups excluding carboxylic acids is 4. The molecule has 0 radical (unpaired) electrons. The van der Waals surface area contributed by atoms with Crippen LogP contribution in [0.15, 0.2) is 60.9 Å². The van der Waals surface area contributed by atoms with Crippen LogP contribution >= 0.6 is 11.6 Å². The van der Waals surface area contributed by atoms with Gasteiger partial charge in [0.15, 0.2) is 0 Å². The first-order chi connectivity index (χ1) is 27.7. The number of alkyl halides is 3. The molecule has 1 aliphatic heterocycles. The van der Waals surface area contributed by atoms with E-state index in [1.165, 1.54) is 19.4 Å². The van der Waals surface area contributed by atoms with E-state index in [0.717, 1.165) is 6.07 Å². The first kappa shape index (κ1) is 44.3. The molecule has 316 valence electrons. The number of hydrogen-bond acceptors (Lipinski definition) is 9. The van der Waals surface area contributed by atoms with E-state index >= 15 is 0 Å². The lowest BCUT2D eigenvalue weighted by molar-refractivity contribution is -0.274. The van der Waals surface area contributed by atoms with Gasteiger partial charge in [-0.2, -0.15) is 0 Å². The van der Waals surface area contributed by atoms with E-state index in [1.54, 1.807) is 47.5 Å². The molecule has 2 aromatic carbocycles. The number of aromatic amines is 1. The third-order valence-electron chi connectivity index (χ3n) is 9.56. The summed E-state index contributed by atoms with van der Waals surface area (Å²) in [4.78, 5) is 64.8. The molecule has 0 bridgehead atoms. The van der Waals surface area contributed by atoms with E-state index in [2.05, 4.69) is 41.0 Å². The van der Waals surface area contributed by atoms with Gasteiger partial charge >= 0.3 is 12.5 Å². The maximum absolute atomic E-state index is 13.7. The minimum absolute atomic E-state index is 0.00845. The van der Waals surface area contributed by atoms with Gasteiger partial charge in [-0.05, 0) is 53.6 Å². The number of anilines is 2. The Morgan fingerprint density at radius 3 is 2.29 bits per heavy atom. The molecule has 3 atom stereocenters. The molecule has 1 aliphatic rings. The summed E-state index contributed by atoms with van der Waals surface area (Å²) in [5.74, 6) is -0.787. The molecule has 4 aromatic rings. The van der Waals surface area contributed by atoms with Crippen molar-refractivity contribution in [2.75, 3.05) is 37.4 Å². The largest absolute Gasteiger partial charge is 0.573 e. The predicted molar refractivity (Wildman–Crippen MR) is 217 cm³/mol. The number of nitrogens with one attached hydrogen (secondary N) is 5.